The van der Waals surface area contributed by atoms with Gasteiger partial charge in [0.2, 0.25) is 5.04 Å². The van der Waals surface area contributed by atoms with Crippen LogP contribution in [0.3, 0.4) is 0 Å². The predicted octanol–water partition coefficient (Wildman–Crippen LogP) is 2.96. The molecule has 3 heteroatoms. The maximum Gasteiger partial charge on any atom is 0.216 e. The van der Waals surface area contributed by atoms with Gasteiger partial charge in [-0.2, -0.15) is 0 Å². The second-order valence-electron chi connectivity index (χ2n) is 3.67. The van der Waals surface area contributed by atoms with Crippen LogP contribution in [0.25, 0.3) is 0 Å². The molecule has 1 aliphatic heterocycles. The number of hydrogen-bond acceptors (Lipinski definition) is 2. The van der Waals surface area contributed by atoms with Crippen molar-refractivity contribution in [3.63, 3.8) is 0 Å². The molecular formula is C13H17N2S+. The lowest BCUT2D eigenvalue weighted by molar-refractivity contribution is -0.514. The normalized spacial score (nSPS) is 16.3. The summed E-state index contributed by atoms with van der Waals surface area (Å²) in [5, 5.41) is 1.46. The lowest BCUT2D eigenvalue weighted by atomic mass is 10.3. The molecule has 0 spiro atoms. The zero-order valence-electron chi connectivity index (χ0n) is 9.60. The van der Waals surface area contributed by atoms with Gasteiger partial charge in [0.15, 0.2) is 6.54 Å². The molecule has 0 aliphatic carbocycles. The van der Waals surface area contributed by atoms with Crippen LogP contribution >= 0.6 is 11.8 Å². The van der Waals surface area contributed by atoms with Crippen LogP contribution in [-0.4, -0.2) is 34.7 Å². The Labute approximate surface area is 101 Å². The molecule has 1 heterocycles. The zero-order chi connectivity index (χ0) is 11.2. The van der Waals surface area contributed by atoms with Gasteiger partial charge in [0.05, 0.1) is 17.9 Å². The molecule has 0 N–H and O–H groups in total. The number of benzene rings is 1. The van der Waals surface area contributed by atoms with E-state index in [1.165, 1.54) is 17.3 Å². The summed E-state index contributed by atoms with van der Waals surface area (Å²) in [6.07, 6.45) is 2.99. The molecule has 0 amide bonds. The minimum absolute atomic E-state index is 0.966. The molecule has 0 atom stereocenters. The summed E-state index contributed by atoms with van der Waals surface area (Å²) in [5.41, 5.74) is 1.04. The van der Waals surface area contributed by atoms with E-state index in [1.54, 1.807) is 0 Å². The van der Waals surface area contributed by atoms with Crippen molar-refractivity contribution >= 4 is 28.7 Å². The second kappa shape index (κ2) is 5.85. The first-order valence-electron chi connectivity index (χ1n) is 5.71. The molecule has 0 saturated carbocycles. The van der Waals surface area contributed by atoms with E-state index in [4.69, 9.17) is 0 Å². The van der Waals surface area contributed by atoms with Gasteiger partial charge in [0.25, 0.3) is 0 Å². The predicted molar refractivity (Wildman–Crippen MR) is 72.3 cm³/mol. The fourth-order valence-electron chi connectivity index (χ4n) is 1.76. The highest BCUT2D eigenvalue weighted by Crippen LogP contribution is 2.14. The molecule has 0 fully saturated rings. The van der Waals surface area contributed by atoms with Crippen molar-refractivity contribution in [1.29, 1.82) is 0 Å². The number of nitrogens with zero attached hydrogens (tertiary/aromatic N) is 2. The van der Waals surface area contributed by atoms with Gasteiger partial charge in [-0.1, -0.05) is 30.0 Å². The molecule has 2 rings (SSSR count). The Balaban J connectivity index is 1.95. The molecule has 1 aromatic carbocycles. The fourth-order valence-corrected chi connectivity index (χ4v) is 2.90. The third kappa shape index (κ3) is 2.95. The van der Waals surface area contributed by atoms with Crippen LogP contribution < -0.4 is 0 Å². The van der Waals surface area contributed by atoms with Gasteiger partial charge in [0.1, 0.15) is 6.54 Å². The minimum Gasteiger partial charge on any atom is -0.261 e. The second-order valence-corrected chi connectivity index (χ2v) is 4.84. The summed E-state index contributed by atoms with van der Waals surface area (Å²) in [7, 11) is 0. The monoisotopic (exact) mass is 233 g/mol. The number of aliphatic imine (C=N–C) groups is 1. The summed E-state index contributed by atoms with van der Waals surface area (Å²) >= 11 is 1.96. The average Bonchev–Trinajstić information content (AvgIpc) is 2.78. The molecule has 16 heavy (non-hydrogen) atoms. The lowest BCUT2D eigenvalue weighted by Crippen LogP contribution is -2.14. The molecular weight excluding hydrogens is 216 g/mol. The van der Waals surface area contributed by atoms with Crippen LogP contribution in [0, 0.1) is 0 Å². The highest BCUT2D eigenvalue weighted by atomic mass is 32.2. The molecule has 0 radical (unpaired) electrons. The first-order chi connectivity index (χ1) is 7.90. The topological polar surface area (TPSA) is 15.4 Å². The van der Waals surface area contributed by atoms with Crippen molar-refractivity contribution in [3.8, 4) is 0 Å². The lowest BCUT2D eigenvalue weighted by Gasteiger charge is -1.95. The highest BCUT2D eigenvalue weighted by Gasteiger charge is 2.19. The van der Waals surface area contributed by atoms with Crippen LogP contribution in [0.5, 0.6) is 0 Å². The van der Waals surface area contributed by atoms with Crippen molar-refractivity contribution in [3.05, 3.63) is 30.3 Å². The van der Waals surface area contributed by atoms with Crippen molar-refractivity contribution in [1.82, 2.24) is 0 Å². The first kappa shape index (κ1) is 11.4. The molecule has 0 aromatic heterocycles. The van der Waals surface area contributed by atoms with E-state index < -0.39 is 0 Å². The van der Waals surface area contributed by atoms with E-state index in [9.17, 15) is 0 Å². The van der Waals surface area contributed by atoms with E-state index in [1.807, 2.05) is 48.3 Å². The molecule has 0 bridgehead atoms. The van der Waals surface area contributed by atoms with E-state index in [0.717, 1.165) is 18.7 Å². The smallest absolute Gasteiger partial charge is 0.216 e. The largest absolute Gasteiger partial charge is 0.261 e. The van der Waals surface area contributed by atoms with Crippen molar-refractivity contribution in [2.24, 2.45) is 4.99 Å². The Kier molecular flexibility index (Phi) is 4.17. The Morgan fingerprint density at radius 1 is 1.38 bits per heavy atom. The summed E-state index contributed by atoms with van der Waals surface area (Å²) in [6, 6.07) is 10.1. The summed E-state index contributed by atoms with van der Waals surface area (Å²) in [5.74, 6) is 1.22. The Morgan fingerprint density at radius 2 is 2.19 bits per heavy atom. The molecule has 1 aromatic rings. The summed E-state index contributed by atoms with van der Waals surface area (Å²) < 4.78 is 2.43. The number of para-hydroxylation sites is 1. The maximum atomic E-state index is 4.45. The summed E-state index contributed by atoms with van der Waals surface area (Å²) in [6.45, 7) is 4.51. The molecule has 1 aliphatic rings. The van der Waals surface area contributed by atoms with Crippen LogP contribution in [-0.2, 0) is 0 Å². The van der Waals surface area contributed by atoms with Crippen molar-refractivity contribution in [2.75, 3.05) is 18.8 Å². The van der Waals surface area contributed by atoms with Gasteiger partial charge in [-0.25, -0.2) is 4.58 Å². The van der Waals surface area contributed by atoms with Crippen LogP contribution in [0.2, 0.25) is 0 Å². The quantitative estimate of drug-likeness (QED) is 0.576. The van der Waals surface area contributed by atoms with Crippen molar-refractivity contribution in [2.45, 2.75) is 13.3 Å². The Morgan fingerprint density at radius 3 is 2.94 bits per heavy atom. The van der Waals surface area contributed by atoms with E-state index in [-0.39, 0.29) is 0 Å². The van der Waals surface area contributed by atoms with E-state index >= 15 is 0 Å². The first-order valence-corrected chi connectivity index (χ1v) is 6.70. The van der Waals surface area contributed by atoms with Gasteiger partial charge in [-0.05, 0) is 19.1 Å². The van der Waals surface area contributed by atoms with Gasteiger partial charge in [0, 0.05) is 6.21 Å². The third-order valence-corrected chi connectivity index (χ3v) is 3.77. The molecule has 84 valence electrons. The van der Waals surface area contributed by atoms with Crippen LogP contribution in [0.15, 0.2) is 35.3 Å². The highest BCUT2D eigenvalue weighted by molar-refractivity contribution is 8.13. The molecule has 0 saturated heterocycles. The van der Waals surface area contributed by atoms with Gasteiger partial charge in [-0.15, -0.1) is 0 Å². The number of rotatable bonds is 4. The molecule has 2 nitrogen and oxygen atoms in total. The SMILES string of the molecule is CC[N+]1=C(CC=Nc2ccccc2)SCC1. The third-order valence-electron chi connectivity index (χ3n) is 2.63. The van der Waals surface area contributed by atoms with Crippen LogP contribution in [0.1, 0.15) is 13.3 Å². The Hall–Kier alpha value is -1.09. The number of hydrogen-bond donors (Lipinski definition) is 0. The van der Waals surface area contributed by atoms with Crippen LogP contribution in [0.4, 0.5) is 5.69 Å². The summed E-state index contributed by atoms with van der Waals surface area (Å²) in [4.78, 5) is 4.45. The van der Waals surface area contributed by atoms with Gasteiger partial charge in [-0.3, -0.25) is 4.99 Å². The average molecular weight is 233 g/mol. The minimum atomic E-state index is 0.966. The van der Waals surface area contributed by atoms with Crippen molar-refractivity contribution < 1.29 is 4.58 Å². The fraction of sp³-hybridized carbons (Fsp3) is 0.385. The van der Waals surface area contributed by atoms with Gasteiger partial charge >= 0.3 is 0 Å². The standard InChI is InChI=1S/C13H17N2S/c1-2-15-10-11-16-13(15)8-9-14-12-6-4-3-5-7-12/h3-7,9H,2,8,10-11H2,1H3/q+1. The van der Waals surface area contributed by atoms with E-state index in [2.05, 4.69) is 16.5 Å². The maximum absolute atomic E-state index is 4.45. The van der Waals surface area contributed by atoms with E-state index in [0.29, 0.717) is 0 Å². The number of thioether (sulfide) groups is 1. The Bertz CT molecular complexity index is 396. The van der Waals surface area contributed by atoms with Gasteiger partial charge < -0.3 is 0 Å². The molecule has 0 unspecified atom stereocenters. The zero-order valence-corrected chi connectivity index (χ0v) is 10.4.